The van der Waals surface area contributed by atoms with Gasteiger partial charge >= 0.3 is 0 Å². The molecule has 1 saturated heterocycles. The smallest absolute Gasteiger partial charge is 0.166 e. The summed E-state index contributed by atoms with van der Waals surface area (Å²) in [7, 11) is 0. The Bertz CT molecular complexity index is 757. The van der Waals surface area contributed by atoms with Gasteiger partial charge < -0.3 is 4.90 Å². The van der Waals surface area contributed by atoms with Crippen LogP contribution in [0.15, 0.2) is 42.6 Å². The molecule has 1 atom stereocenters. The first-order valence-corrected chi connectivity index (χ1v) is 9.29. The van der Waals surface area contributed by atoms with Gasteiger partial charge in [0.15, 0.2) is 5.78 Å². The molecule has 0 radical (unpaired) electrons. The Labute approximate surface area is 153 Å². The van der Waals surface area contributed by atoms with Crippen molar-refractivity contribution in [3.8, 4) is 0 Å². The van der Waals surface area contributed by atoms with Crippen LogP contribution in [0.2, 0.25) is 5.02 Å². The highest BCUT2D eigenvalue weighted by Crippen LogP contribution is 2.31. The summed E-state index contributed by atoms with van der Waals surface area (Å²) in [5.41, 5.74) is 1.98. The van der Waals surface area contributed by atoms with Crippen LogP contribution in [0, 0.1) is 5.92 Å². The zero-order chi connectivity index (χ0) is 17.2. The standard InChI is InChI=1S/C20H22ClN3O/c21-17-4-5-18-16(14-17)13-15(20(18)25)6-8-23-9-11-24(12-10-23)19-3-1-2-7-22-19/h1-5,7,14-15H,6,8-13H2. The number of rotatable bonds is 4. The number of carbonyl (C=O) groups is 1. The average Bonchev–Trinajstić information content (AvgIpc) is 2.96. The number of hydrogen-bond donors (Lipinski definition) is 0. The minimum Gasteiger partial charge on any atom is -0.354 e. The Balaban J connectivity index is 1.28. The van der Waals surface area contributed by atoms with E-state index in [4.69, 9.17) is 11.6 Å². The Morgan fingerprint density at radius 3 is 2.72 bits per heavy atom. The van der Waals surface area contributed by atoms with Crippen LogP contribution in [0.5, 0.6) is 0 Å². The first-order valence-electron chi connectivity index (χ1n) is 8.92. The number of halogens is 1. The molecule has 0 N–H and O–H groups in total. The number of piperazine rings is 1. The Morgan fingerprint density at radius 1 is 1.12 bits per heavy atom. The summed E-state index contributed by atoms with van der Waals surface area (Å²) in [6.07, 6.45) is 3.61. The summed E-state index contributed by atoms with van der Waals surface area (Å²) in [5, 5.41) is 0.720. The quantitative estimate of drug-likeness (QED) is 0.843. The van der Waals surface area contributed by atoms with Crippen molar-refractivity contribution in [2.45, 2.75) is 12.8 Å². The van der Waals surface area contributed by atoms with Crippen LogP contribution in [0.3, 0.4) is 0 Å². The molecule has 1 aliphatic carbocycles. The third-order valence-electron chi connectivity index (χ3n) is 5.31. The Morgan fingerprint density at radius 2 is 1.96 bits per heavy atom. The number of pyridine rings is 1. The summed E-state index contributed by atoms with van der Waals surface area (Å²) in [5.74, 6) is 1.46. The number of Topliss-reactive ketones (excluding diaryl/α,β-unsaturated/α-hetero) is 1. The zero-order valence-corrected chi connectivity index (χ0v) is 15.0. The van der Waals surface area contributed by atoms with Crippen LogP contribution in [0.4, 0.5) is 5.82 Å². The van der Waals surface area contributed by atoms with Crippen LogP contribution >= 0.6 is 11.6 Å². The van der Waals surface area contributed by atoms with E-state index in [1.165, 1.54) is 0 Å². The van der Waals surface area contributed by atoms with E-state index in [9.17, 15) is 4.79 Å². The molecular formula is C20H22ClN3O. The normalized spacial score (nSPS) is 20.8. The lowest BCUT2D eigenvalue weighted by Crippen LogP contribution is -2.47. The van der Waals surface area contributed by atoms with Crippen LogP contribution in [-0.2, 0) is 6.42 Å². The van der Waals surface area contributed by atoms with E-state index in [1.54, 1.807) is 0 Å². The number of fused-ring (bicyclic) bond motifs is 1. The van der Waals surface area contributed by atoms with Gasteiger partial charge in [0.1, 0.15) is 5.82 Å². The van der Waals surface area contributed by atoms with E-state index in [-0.39, 0.29) is 5.92 Å². The Hall–Kier alpha value is -1.91. The van der Waals surface area contributed by atoms with Gasteiger partial charge in [-0.2, -0.15) is 0 Å². The maximum atomic E-state index is 12.5. The fraction of sp³-hybridized carbons (Fsp3) is 0.400. The van der Waals surface area contributed by atoms with E-state index >= 15 is 0 Å². The van der Waals surface area contributed by atoms with E-state index in [0.29, 0.717) is 5.78 Å². The average molecular weight is 356 g/mol. The minimum atomic E-state index is 0.113. The highest BCUT2D eigenvalue weighted by atomic mass is 35.5. The minimum absolute atomic E-state index is 0.113. The van der Waals surface area contributed by atoms with E-state index in [1.807, 2.05) is 36.5 Å². The second-order valence-electron chi connectivity index (χ2n) is 6.87. The van der Waals surface area contributed by atoms with Gasteiger partial charge in [0.2, 0.25) is 0 Å². The summed E-state index contributed by atoms with van der Waals surface area (Å²) < 4.78 is 0. The van der Waals surface area contributed by atoms with E-state index in [2.05, 4.69) is 20.9 Å². The molecule has 1 fully saturated rings. The van der Waals surface area contributed by atoms with Gasteiger partial charge in [0, 0.05) is 48.9 Å². The maximum absolute atomic E-state index is 12.5. The van der Waals surface area contributed by atoms with Gasteiger partial charge in [-0.1, -0.05) is 17.7 Å². The van der Waals surface area contributed by atoms with Gasteiger partial charge in [-0.15, -0.1) is 0 Å². The molecule has 1 aromatic carbocycles. The molecule has 4 rings (SSSR count). The number of anilines is 1. The molecular weight excluding hydrogens is 334 g/mol. The second kappa shape index (κ2) is 7.14. The number of ketones is 1. The van der Waals surface area contributed by atoms with Crippen molar-refractivity contribution in [3.05, 3.63) is 58.7 Å². The molecule has 130 valence electrons. The molecule has 1 aromatic heterocycles. The lowest BCUT2D eigenvalue weighted by atomic mass is 10.0. The van der Waals surface area contributed by atoms with Gasteiger partial charge in [-0.3, -0.25) is 9.69 Å². The number of hydrogen-bond acceptors (Lipinski definition) is 4. The van der Waals surface area contributed by atoms with Crippen molar-refractivity contribution >= 4 is 23.2 Å². The fourth-order valence-electron chi connectivity index (χ4n) is 3.86. The van der Waals surface area contributed by atoms with Crippen LogP contribution in [-0.4, -0.2) is 48.4 Å². The van der Waals surface area contributed by atoms with Crippen LogP contribution in [0.25, 0.3) is 0 Å². The summed E-state index contributed by atoms with van der Waals surface area (Å²) in [6.45, 7) is 5.01. The molecule has 5 heteroatoms. The predicted octanol–water partition coefficient (Wildman–Crippen LogP) is 3.30. The third-order valence-corrected chi connectivity index (χ3v) is 5.54. The molecule has 1 unspecified atom stereocenters. The van der Waals surface area contributed by atoms with E-state index in [0.717, 1.165) is 67.5 Å². The lowest BCUT2D eigenvalue weighted by molar-refractivity contribution is 0.0920. The Kier molecular flexibility index (Phi) is 4.73. The predicted molar refractivity (Wildman–Crippen MR) is 100 cm³/mol. The van der Waals surface area contributed by atoms with Crippen molar-refractivity contribution in [3.63, 3.8) is 0 Å². The first-order chi connectivity index (χ1) is 12.2. The molecule has 0 bridgehead atoms. The molecule has 0 spiro atoms. The summed E-state index contributed by atoms with van der Waals surface area (Å²) in [4.78, 5) is 21.8. The monoisotopic (exact) mass is 355 g/mol. The van der Waals surface area contributed by atoms with Crippen LogP contribution < -0.4 is 4.90 Å². The van der Waals surface area contributed by atoms with Gasteiger partial charge in [-0.25, -0.2) is 4.98 Å². The van der Waals surface area contributed by atoms with Crippen molar-refractivity contribution in [2.75, 3.05) is 37.6 Å². The third kappa shape index (κ3) is 3.55. The largest absolute Gasteiger partial charge is 0.354 e. The number of nitrogens with zero attached hydrogens (tertiary/aromatic N) is 3. The van der Waals surface area contributed by atoms with Gasteiger partial charge in [0.05, 0.1) is 0 Å². The lowest BCUT2D eigenvalue weighted by Gasteiger charge is -2.35. The molecule has 1 aliphatic heterocycles. The molecule has 0 amide bonds. The second-order valence-corrected chi connectivity index (χ2v) is 7.31. The topological polar surface area (TPSA) is 36.4 Å². The van der Waals surface area contributed by atoms with Gasteiger partial charge in [0.25, 0.3) is 0 Å². The first kappa shape index (κ1) is 16.6. The number of aromatic nitrogens is 1. The van der Waals surface area contributed by atoms with Crippen molar-refractivity contribution in [2.24, 2.45) is 5.92 Å². The maximum Gasteiger partial charge on any atom is 0.166 e. The number of benzene rings is 1. The van der Waals surface area contributed by atoms with Crippen LogP contribution in [0.1, 0.15) is 22.3 Å². The highest BCUT2D eigenvalue weighted by Gasteiger charge is 2.31. The van der Waals surface area contributed by atoms with Crippen molar-refractivity contribution < 1.29 is 4.79 Å². The molecule has 4 nitrogen and oxygen atoms in total. The highest BCUT2D eigenvalue weighted by molar-refractivity contribution is 6.30. The SMILES string of the molecule is O=C1c2ccc(Cl)cc2CC1CCN1CCN(c2ccccn2)CC1. The van der Waals surface area contributed by atoms with E-state index < -0.39 is 0 Å². The number of carbonyl (C=O) groups excluding carboxylic acids is 1. The van der Waals surface area contributed by atoms with Crippen molar-refractivity contribution in [1.82, 2.24) is 9.88 Å². The van der Waals surface area contributed by atoms with Crippen molar-refractivity contribution in [1.29, 1.82) is 0 Å². The molecule has 2 heterocycles. The molecule has 0 saturated carbocycles. The summed E-state index contributed by atoms with van der Waals surface area (Å²) in [6, 6.07) is 11.7. The molecule has 2 aliphatic rings. The zero-order valence-electron chi connectivity index (χ0n) is 14.2. The summed E-state index contributed by atoms with van der Waals surface area (Å²) >= 11 is 6.05. The van der Waals surface area contributed by atoms with Gasteiger partial charge in [-0.05, 0) is 55.3 Å². The molecule has 2 aromatic rings. The molecule has 25 heavy (non-hydrogen) atoms. The fourth-order valence-corrected chi connectivity index (χ4v) is 4.06.